The normalized spacial score (nSPS) is 24.2. The molecule has 4 rings (SSSR count). The number of amides is 1. The number of fused-ring (bicyclic) bond motifs is 1. The highest BCUT2D eigenvalue weighted by atomic mass is 35.5. The summed E-state index contributed by atoms with van der Waals surface area (Å²) in [6.45, 7) is 3.35. The molecule has 2 aliphatic heterocycles. The first-order valence-corrected chi connectivity index (χ1v) is 8.73. The first-order chi connectivity index (χ1) is 12.3. The number of hydrogen-bond donors (Lipinski definition) is 1. The van der Waals surface area contributed by atoms with Gasteiger partial charge in [-0.1, -0.05) is 12.1 Å². The van der Waals surface area contributed by atoms with Crippen LogP contribution in [0, 0.1) is 11.8 Å². The second-order valence-electron chi connectivity index (χ2n) is 6.75. The topological polar surface area (TPSA) is 72.3 Å². The predicted molar refractivity (Wildman–Crippen MR) is 99.2 cm³/mol. The van der Waals surface area contributed by atoms with E-state index in [0.29, 0.717) is 24.8 Å². The zero-order valence-corrected chi connectivity index (χ0v) is 15.6. The molecule has 1 N–H and O–H groups in total. The summed E-state index contributed by atoms with van der Waals surface area (Å²) in [5.41, 5.74) is 1.19. The van der Waals surface area contributed by atoms with E-state index in [0.717, 1.165) is 25.4 Å². The minimum atomic E-state index is 0. The van der Waals surface area contributed by atoms with Crippen molar-refractivity contribution in [3.05, 3.63) is 42.5 Å². The van der Waals surface area contributed by atoms with Crippen molar-refractivity contribution in [1.82, 2.24) is 25.0 Å². The van der Waals surface area contributed by atoms with Crippen LogP contribution in [0.4, 0.5) is 0 Å². The van der Waals surface area contributed by atoms with Gasteiger partial charge in [0.05, 0.1) is 19.7 Å². The number of ether oxygens (including phenoxy) is 1. The molecule has 8 heteroatoms. The van der Waals surface area contributed by atoms with Gasteiger partial charge in [-0.3, -0.25) is 9.48 Å². The zero-order chi connectivity index (χ0) is 17.2. The lowest BCUT2D eigenvalue weighted by molar-refractivity contribution is -0.133. The third kappa shape index (κ3) is 3.54. The van der Waals surface area contributed by atoms with E-state index in [-0.39, 0.29) is 24.4 Å². The molecule has 0 radical (unpaired) electrons. The van der Waals surface area contributed by atoms with Gasteiger partial charge in [-0.25, -0.2) is 4.98 Å². The van der Waals surface area contributed by atoms with Gasteiger partial charge in [-0.05, 0) is 23.6 Å². The van der Waals surface area contributed by atoms with Gasteiger partial charge in [0.2, 0.25) is 5.91 Å². The molecule has 2 saturated heterocycles. The summed E-state index contributed by atoms with van der Waals surface area (Å²) in [6, 6.07) is 8.25. The molecule has 0 spiro atoms. The Morgan fingerprint density at radius 1 is 1.31 bits per heavy atom. The quantitative estimate of drug-likeness (QED) is 0.855. The number of halogens is 1. The van der Waals surface area contributed by atoms with Crippen molar-refractivity contribution in [3.8, 4) is 5.75 Å². The Kier molecular flexibility index (Phi) is 5.78. The van der Waals surface area contributed by atoms with Gasteiger partial charge in [0.15, 0.2) is 0 Å². The van der Waals surface area contributed by atoms with Crippen LogP contribution in [0.15, 0.2) is 36.9 Å². The first-order valence-electron chi connectivity index (χ1n) is 8.73. The Morgan fingerprint density at radius 2 is 2.12 bits per heavy atom. The van der Waals surface area contributed by atoms with Gasteiger partial charge in [-0.2, -0.15) is 5.10 Å². The molecule has 3 heterocycles. The number of carbonyl (C=O) groups excluding carboxylic acids is 1. The van der Waals surface area contributed by atoms with Gasteiger partial charge in [-0.15, -0.1) is 12.4 Å². The second-order valence-corrected chi connectivity index (χ2v) is 6.75. The van der Waals surface area contributed by atoms with Gasteiger partial charge in [0.1, 0.15) is 18.4 Å². The number of nitrogens with one attached hydrogen (secondary N) is 1. The fraction of sp³-hybridized carbons (Fsp3) is 0.500. The van der Waals surface area contributed by atoms with Crippen molar-refractivity contribution >= 4 is 18.3 Å². The highest BCUT2D eigenvalue weighted by Crippen LogP contribution is 2.43. The zero-order valence-electron chi connectivity index (χ0n) is 14.7. The van der Waals surface area contributed by atoms with E-state index in [2.05, 4.69) is 32.4 Å². The average molecular weight is 378 g/mol. The minimum Gasteiger partial charge on any atom is -0.497 e. The molecule has 2 fully saturated rings. The monoisotopic (exact) mass is 377 g/mol. The molecule has 3 atom stereocenters. The summed E-state index contributed by atoms with van der Waals surface area (Å²) in [5.74, 6) is 2.03. The van der Waals surface area contributed by atoms with Crippen LogP contribution in [0.5, 0.6) is 5.75 Å². The lowest BCUT2D eigenvalue weighted by Crippen LogP contribution is -2.35. The maximum Gasteiger partial charge on any atom is 0.224 e. The Morgan fingerprint density at radius 3 is 2.81 bits per heavy atom. The summed E-state index contributed by atoms with van der Waals surface area (Å²) in [6.07, 6.45) is 3.59. The molecule has 0 saturated carbocycles. The molecule has 1 amide bonds. The number of likely N-dealkylation sites (tertiary alicyclic amines) is 1. The van der Waals surface area contributed by atoms with E-state index in [1.807, 2.05) is 12.1 Å². The van der Waals surface area contributed by atoms with Crippen LogP contribution >= 0.6 is 12.4 Å². The Bertz CT molecular complexity index is 722. The molecule has 140 valence electrons. The number of carbonyl (C=O) groups is 1. The molecular formula is C18H24ClN5O2. The van der Waals surface area contributed by atoms with Crippen LogP contribution in [0.25, 0.3) is 0 Å². The second kappa shape index (κ2) is 8.05. The Labute approximate surface area is 159 Å². The number of aromatic nitrogens is 3. The van der Waals surface area contributed by atoms with E-state index < -0.39 is 0 Å². The molecule has 7 nitrogen and oxygen atoms in total. The average Bonchev–Trinajstić information content (AvgIpc) is 3.36. The third-order valence-corrected chi connectivity index (χ3v) is 5.36. The van der Waals surface area contributed by atoms with Crippen LogP contribution in [0.2, 0.25) is 0 Å². The van der Waals surface area contributed by atoms with Crippen molar-refractivity contribution in [1.29, 1.82) is 0 Å². The third-order valence-electron chi connectivity index (χ3n) is 5.36. The van der Waals surface area contributed by atoms with E-state index in [1.165, 1.54) is 11.9 Å². The van der Waals surface area contributed by atoms with Crippen molar-refractivity contribution in [3.63, 3.8) is 0 Å². The van der Waals surface area contributed by atoms with Crippen LogP contribution < -0.4 is 10.1 Å². The predicted octanol–water partition coefficient (Wildman–Crippen LogP) is 1.52. The van der Waals surface area contributed by atoms with Crippen LogP contribution in [0.3, 0.4) is 0 Å². The number of nitrogens with zero attached hydrogens (tertiary/aromatic N) is 4. The van der Waals surface area contributed by atoms with Gasteiger partial charge in [0, 0.05) is 32.0 Å². The highest BCUT2D eigenvalue weighted by molar-refractivity contribution is 5.85. The molecule has 2 aromatic rings. The van der Waals surface area contributed by atoms with Crippen LogP contribution in [-0.4, -0.2) is 52.3 Å². The van der Waals surface area contributed by atoms with Crippen molar-refractivity contribution in [2.45, 2.75) is 19.0 Å². The summed E-state index contributed by atoms with van der Waals surface area (Å²) >= 11 is 0. The number of benzene rings is 1. The van der Waals surface area contributed by atoms with Gasteiger partial charge >= 0.3 is 0 Å². The molecule has 2 aliphatic rings. The molecule has 0 bridgehead atoms. The fourth-order valence-corrected chi connectivity index (χ4v) is 4.11. The van der Waals surface area contributed by atoms with E-state index >= 15 is 0 Å². The number of rotatable bonds is 5. The molecule has 1 aromatic carbocycles. The lowest BCUT2D eigenvalue weighted by atomic mass is 9.89. The summed E-state index contributed by atoms with van der Waals surface area (Å²) in [5, 5.41) is 7.55. The summed E-state index contributed by atoms with van der Waals surface area (Å²) in [4.78, 5) is 18.9. The smallest absolute Gasteiger partial charge is 0.224 e. The maximum absolute atomic E-state index is 12.9. The van der Waals surface area contributed by atoms with E-state index in [4.69, 9.17) is 4.74 Å². The molecule has 0 unspecified atom stereocenters. The van der Waals surface area contributed by atoms with Crippen molar-refractivity contribution < 1.29 is 9.53 Å². The largest absolute Gasteiger partial charge is 0.497 e. The number of hydrogen-bond acceptors (Lipinski definition) is 5. The first kappa shape index (κ1) is 18.7. The maximum atomic E-state index is 12.9. The molecule has 26 heavy (non-hydrogen) atoms. The van der Waals surface area contributed by atoms with Crippen molar-refractivity contribution in [2.24, 2.45) is 11.8 Å². The number of aryl methyl sites for hydroxylation is 1. The van der Waals surface area contributed by atoms with Gasteiger partial charge < -0.3 is 15.0 Å². The minimum absolute atomic E-state index is 0. The standard InChI is InChI=1S/C18H23N5O2.ClH/c1-25-15-4-2-13(3-5-15)18-16-9-19-8-14(16)10-23(18)17(24)6-7-22-12-20-11-21-22;/h2-5,11-12,14,16,18-19H,6-10H2,1H3;1H/t14-,16-,18-;/m0./s1. The molecule has 0 aliphatic carbocycles. The van der Waals surface area contributed by atoms with E-state index in [9.17, 15) is 4.79 Å². The SMILES string of the molecule is COc1ccc([C@H]2[C@H]3CNC[C@H]3CN2C(=O)CCn2cncn2)cc1.Cl. The Balaban J connectivity index is 0.00000196. The highest BCUT2D eigenvalue weighted by Gasteiger charge is 2.46. The lowest BCUT2D eigenvalue weighted by Gasteiger charge is -2.28. The number of methoxy groups -OCH3 is 1. The van der Waals surface area contributed by atoms with Crippen molar-refractivity contribution in [2.75, 3.05) is 26.7 Å². The Hall–Kier alpha value is -2.12. The van der Waals surface area contributed by atoms with E-state index in [1.54, 1.807) is 18.1 Å². The van der Waals surface area contributed by atoms with Crippen LogP contribution in [0.1, 0.15) is 18.0 Å². The fourth-order valence-electron chi connectivity index (χ4n) is 4.11. The van der Waals surface area contributed by atoms with Gasteiger partial charge in [0.25, 0.3) is 0 Å². The molecular weight excluding hydrogens is 354 g/mol. The summed E-state index contributed by atoms with van der Waals surface area (Å²) in [7, 11) is 1.67. The molecule has 1 aromatic heterocycles. The summed E-state index contributed by atoms with van der Waals surface area (Å²) < 4.78 is 6.97. The van der Waals surface area contributed by atoms with Crippen LogP contribution in [-0.2, 0) is 11.3 Å².